The number of halogens is 2. The van der Waals surface area contributed by atoms with Gasteiger partial charge in [0.25, 0.3) is 0 Å². The van der Waals surface area contributed by atoms with Crippen LogP contribution in [0.4, 0.5) is 5.69 Å². The highest BCUT2D eigenvalue weighted by molar-refractivity contribution is 9.11. The number of aliphatic imine (C=N–C) groups is 1. The van der Waals surface area contributed by atoms with Crippen LogP contribution >= 0.6 is 43.6 Å². The molecule has 2 N–H and O–H groups in total. The SMILES string of the molecule is CSC(=Nc1c(Br)cc(Br)cc1C(=O)O)NC#N. The molecular formula is C10H7Br2N3O2S. The quantitative estimate of drug-likeness (QED) is 0.349. The van der Waals surface area contributed by atoms with Crippen LogP contribution < -0.4 is 5.32 Å². The average molecular weight is 393 g/mol. The van der Waals surface area contributed by atoms with Crippen LogP contribution in [0.5, 0.6) is 0 Å². The molecule has 0 saturated carbocycles. The topological polar surface area (TPSA) is 85.5 Å². The summed E-state index contributed by atoms with van der Waals surface area (Å²) in [6, 6.07) is 3.14. The van der Waals surface area contributed by atoms with Gasteiger partial charge in [-0.2, -0.15) is 5.26 Å². The Morgan fingerprint density at radius 2 is 2.22 bits per heavy atom. The summed E-state index contributed by atoms with van der Waals surface area (Å²) in [5.74, 6) is -1.09. The Morgan fingerprint density at radius 1 is 1.56 bits per heavy atom. The molecule has 0 unspecified atom stereocenters. The van der Waals surface area contributed by atoms with Gasteiger partial charge < -0.3 is 5.11 Å². The first kappa shape index (κ1) is 15.0. The predicted molar refractivity (Wildman–Crippen MR) is 78.2 cm³/mol. The molecule has 0 atom stereocenters. The maximum absolute atomic E-state index is 11.2. The van der Waals surface area contributed by atoms with Gasteiger partial charge in [0.1, 0.15) is 0 Å². The zero-order chi connectivity index (χ0) is 13.7. The van der Waals surface area contributed by atoms with E-state index in [0.29, 0.717) is 14.1 Å². The second-order valence-electron chi connectivity index (χ2n) is 2.95. The van der Waals surface area contributed by atoms with Crippen LogP contribution in [0.2, 0.25) is 0 Å². The summed E-state index contributed by atoms with van der Waals surface area (Å²) >= 11 is 7.68. The summed E-state index contributed by atoms with van der Waals surface area (Å²) in [6.45, 7) is 0. The Morgan fingerprint density at radius 3 is 2.72 bits per heavy atom. The summed E-state index contributed by atoms with van der Waals surface area (Å²) in [4.78, 5) is 15.3. The van der Waals surface area contributed by atoms with Crippen LogP contribution in [0.15, 0.2) is 26.1 Å². The fourth-order valence-corrected chi connectivity index (χ4v) is 2.76. The summed E-state index contributed by atoms with van der Waals surface area (Å²) in [5.41, 5.74) is 0.306. The smallest absolute Gasteiger partial charge is 0.337 e. The van der Waals surface area contributed by atoms with Crippen LogP contribution in [-0.4, -0.2) is 22.5 Å². The average Bonchev–Trinajstić information content (AvgIpc) is 2.30. The molecule has 0 aliphatic carbocycles. The van der Waals surface area contributed by atoms with Crippen molar-refractivity contribution < 1.29 is 9.90 Å². The van der Waals surface area contributed by atoms with Crippen molar-refractivity contribution in [3.63, 3.8) is 0 Å². The molecule has 1 aromatic rings. The van der Waals surface area contributed by atoms with E-state index < -0.39 is 5.97 Å². The highest BCUT2D eigenvalue weighted by Crippen LogP contribution is 2.33. The van der Waals surface area contributed by atoms with Crippen LogP contribution in [0.25, 0.3) is 0 Å². The maximum atomic E-state index is 11.2. The lowest BCUT2D eigenvalue weighted by molar-refractivity contribution is 0.0697. The second kappa shape index (κ2) is 6.78. The molecule has 0 aliphatic rings. The Kier molecular flexibility index (Phi) is 5.65. The van der Waals surface area contributed by atoms with Gasteiger partial charge in [-0.25, -0.2) is 9.79 Å². The number of hydrogen-bond acceptors (Lipinski definition) is 4. The molecule has 0 heterocycles. The van der Waals surface area contributed by atoms with Crippen LogP contribution in [0, 0.1) is 11.5 Å². The lowest BCUT2D eigenvalue weighted by atomic mass is 10.2. The molecule has 94 valence electrons. The molecule has 0 aromatic heterocycles. The molecule has 18 heavy (non-hydrogen) atoms. The normalized spacial score (nSPS) is 10.9. The zero-order valence-electron chi connectivity index (χ0n) is 9.07. The number of carbonyl (C=O) groups is 1. The first-order valence-electron chi connectivity index (χ1n) is 4.49. The third kappa shape index (κ3) is 3.73. The van der Waals surface area contributed by atoms with Crippen molar-refractivity contribution >= 4 is 60.4 Å². The number of thioether (sulfide) groups is 1. The van der Waals surface area contributed by atoms with Gasteiger partial charge in [-0.3, -0.25) is 5.32 Å². The van der Waals surface area contributed by atoms with Crippen LogP contribution in [0.1, 0.15) is 10.4 Å². The highest BCUT2D eigenvalue weighted by Gasteiger charge is 2.15. The van der Waals surface area contributed by atoms with Gasteiger partial charge in [0.2, 0.25) is 0 Å². The Labute approximate surface area is 125 Å². The molecule has 5 nitrogen and oxygen atoms in total. The number of benzene rings is 1. The standard InChI is InChI=1S/C10H7Br2N3O2S/c1-18-10(14-4-13)15-8-6(9(16)17)2-5(11)3-7(8)12/h2-3H,1H3,(H,14,15)(H,16,17). The van der Waals surface area contributed by atoms with Crippen molar-refractivity contribution in [2.24, 2.45) is 4.99 Å². The number of rotatable bonds is 2. The van der Waals surface area contributed by atoms with Crippen molar-refractivity contribution in [3.05, 3.63) is 26.6 Å². The van der Waals surface area contributed by atoms with E-state index >= 15 is 0 Å². The van der Waals surface area contributed by atoms with E-state index in [2.05, 4.69) is 42.2 Å². The second-order valence-corrected chi connectivity index (χ2v) is 5.51. The van der Waals surface area contributed by atoms with Crippen molar-refractivity contribution in [3.8, 4) is 6.19 Å². The van der Waals surface area contributed by atoms with Gasteiger partial charge in [-0.15, -0.1) is 0 Å². The summed E-state index contributed by atoms with van der Waals surface area (Å²) in [6.07, 6.45) is 3.48. The van der Waals surface area contributed by atoms with Gasteiger partial charge in [0.15, 0.2) is 11.4 Å². The highest BCUT2D eigenvalue weighted by atomic mass is 79.9. The maximum Gasteiger partial charge on any atom is 0.337 e. The molecular weight excluding hydrogens is 386 g/mol. The van der Waals surface area contributed by atoms with Crippen molar-refractivity contribution in [1.29, 1.82) is 5.26 Å². The number of nitriles is 1. The van der Waals surface area contributed by atoms with Crippen molar-refractivity contribution in [1.82, 2.24) is 5.32 Å². The molecule has 0 bridgehead atoms. The lowest BCUT2D eigenvalue weighted by Crippen LogP contribution is -2.13. The third-order valence-electron chi connectivity index (χ3n) is 1.83. The summed E-state index contributed by atoms with van der Waals surface area (Å²) < 4.78 is 1.16. The predicted octanol–water partition coefficient (Wildman–Crippen LogP) is 3.33. The lowest BCUT2D eigenvalue weighted by Gasteiger charge is -2.07. The van der Waals surface area contributed by atoms with E-state index in [0.717, 1.165) is 0 Å². The number of carboxylic acid groups (broad SMARTS) is 1. The van der Waals surface area contributed by atoms with Gasteiger partial charge >= 0.3 is 5.97 Å². The van der Waals surface area contributed by atoms with E-state index in [1.165, 1.54) is 17.8 Å². The Balaban J connectivity index is 3.39. The van der Waals surface area contributed by atoms with E-state index in [-0.39, 0.29) is 11.3 Å². The van der Waals surface area contributed by atoms with E-state index in [9.17, 15) is 4.79 Å². The zero-order valence-corrected chi connectivity index (χ0v) is 13.1. The number of aromatic carboxylic acids is 1. The number of amidine groups is 1. The van der Waals surface area contributed by atoms with E-state index in [4.69, 9.17) is 10.4 Å². The first-order valence-corrected chi connectivity index (χ1v) is 7.30. The monoisotopic (exact) mass is 391 g/mol. The molecule has 0 amide bonds. The van der Waals surface area contributed by atoms with Gasteiger partial charge in [-0.05, 0) is 34.3 Å². The van der Waals surface area contributed by atoms with Crippen molar-refractivity contribution in [2.45, 2.75) is 0 Å². The Hall–Kier alpha value is -1.04. The molecule has 8 heteroatoms. The molecule has 0 aliphatic heterocycles. The number of nitrogens with one attached hydrogen (secondary N) is 1. The number of carboxylic acids is 1. The van der Waals surface area contributed by atoms with Gasteiger partial charge in [0.05, 0.1) is 11.3 Å². The molecule has 1 aromatic carbocycles. The molecule has 0 saturated heterocycles. The minimum absolute atomic E-state index is 0.0440. The molecule has 0 spiro atoms. The fraction of sp³-hybridized carbons (Fsp3) is 0.100. The minimum atomic E-state index is -1.09. The number of hydrogen-bond donors (Lipinski definition) is 2. The largest absolute Gasteiger partial charge is 0.478 e. The Bertz CT molecular complexity index is 555. The number of nitrogens with zero attached hydrogens (tertiary/aromatic N) is 2. The third-order valence-corrected chi connectivity index (χ3v) is 3.47. The molecule has 0 fully saturated rings. The fourth-order valence-electron chi connectivity index (χ4n) is 1.12. The van der Waals surface area contributed by atoms with E-state index in [1.807, 2.05) is 0 Å². The van der Waals surface area contributed by atoms with Gasteiger partial charge in [-0.1, -0.05) is 27.7 Å². The van der Waals surface area contributed by atoms with Crippen LogP contribution in [0.3, 0.4) is 0 Å². The van der Waals surface area contributed by atoms with Gasteiger partial charge in [0, 0.05) is 8.95 Å². The summed E-state index contributed by atoms with van der Waals surface area (Å²) in [7, 11) is 0. The molecule has 1 rings (SSSR count). The van der Waals surface area contributed by atoms with Crippen molar-refractivity contribution in [2.75, 3.05) is 6.26 Å². The van der Waals surface area contributed by atoms with Crippen LogP contribution in [-0.2, 0) is 0 Å². The summed E-state index contributed by atoms with van der Waals surface area (Å²) in [5, 5.41) is 20.4. The minimum Gasteiger partial charge on any atom is -0.478 e. The molecule has 0 radical (unpaired) electrons. The first-order chi connectivity index (χ1) is 8.49. The van der Waals surface area contributed by atoms with E-state index in [1.54, 1.807) is 18.5 Å².